The van der Waals surface area contributed by atoms with Gasteiger partial charge in [0.15, 0.2) is 6.61 Å². The van der Waals surface area contributed by atoms with E-state index in [1.54, 1.807) is 0 Å². The van der Waals surface area contributed by atoms with Crippen LogP contribution in [0, 0.1) is 5.92 Å². The average molecular weight is 266 g/mol. The molecule has 6 heteroatoms. The molecule has 2 N–H and O–H groups in total. The Morgan fingerprint density at radius 2 is 2.05 bits per heavy atom. The molecule has 0 aromatic carbocycles. The van der Waals surface area contributed by atoms with Crippen molar-refractivity contribution in [2.24, 2.45) is 5.92 Å². The zero-order valence-corrected chi connectivity index (χ0v) is 11.2. The molecule has 6 nitrogen and oxygen atoms in total. The van der Waals surface area contributed by atoms with Crippen molar-refractivity contribution in [2.45, 2.75) is 26.8 Å². The van der Waals surface area contributed by atoms with Gasteiger partial charge >= 0.3 is 5.97 Å². The summed E-state index contributed by atoms with van der Waals surface area (Å²) in [4.78, 5) is 26.0. The molecule has 19 heavy (non-hydrogen) atoms. The minimum Gasteiger partial charge on any atom is -0.482 e. The van der Waals surface area contributed by atoms with Crippen molar-refractivity contribution < 1.29 is 19.4 Å². The van der Waals surface area contributed by atoms with E-state index in [0.717, 1.165) is 0 Å². The molecular formula is C13H18N2O4. The van der Waals surface area contributed by atoms with Gasteiger partial charge in [-0.25, -0.2) is 4.79 Å². The third kappa shape index (κ3) is 4.95. The molecular weight excluding hydrogens is 248 g/mol. The van der Waals surface area contributed by atoms with E-state index in [0.29, 0.717) is 5.92 Å². The van der Waals surface area contributed by atoms with Gasteiger partial charge in [-0.15, -0.1) is 0 Å². The highest BCUT2D eigenvalue weighted by atomic mass is 16.5. The fraction of sp³-hybridized carbons (Fsp3) is 0.462. The Bertz CT molecular complexity index is 460. The first-order valence-corrected chi connectivity index (χ1v) is 6.00. The van der Waals surface area contributed by atoms with E-state index in [9.17, 15) is 9.59 Å². The maximum atomic E-state index is 11.6. The monoisotopic (exact) mass is 266 g/mol. The van der Waals surface area contributed by atoms with Crippen LogP contribution in [-0.2, 0) is 4.79 Å². The summed E-state index contributed by atoms with van der Waals surface area (Å²) in [7, 11) is 0. The van der Waals surface area contributed by atoms with E-state index in [2.05, 4.69) is 10.3 Å². The summed E-state index contributed by atoms with van der Waals surface area (Å²) in [5, 5.41) is 11.6. The Balaban J connectivity index is 2.50. The van der Waals surface area contributed by atoms with Gasteiger partial charge in [-0.05, 0) is 18.9 Å². The molecule has 0 aliphatic carbocycles. The molecule has 1 unspecified atom stereocenters. The number of hydrogen-bond acceptors (Lipinski definition) is 4. The number of amides is 1. The highest BCUT2D eigenvalue weighted by molar-refractivity contribution is 5.87. The van der Waals surface area contributed by atoms with Crippen LogP contribution < -0.4 is 10.1 Å². The molecule has 0 fully saturated rings. The lowest BCUT2D eigenvalue weighted by molar-refractivity contribution is -0.124. The van der Waals surface area contributed by atoms with Crippen molar-refractivity contribution in [2.75, 3.05) is 6.61 Å². The molecule has 1 heterocycles. The summed E-state index contributed by atoms with van der Waals surface area (Å²) in [6, 6.07) is 1.38. The highest BCUT2D eigenvalue weighted by Gasteiger charge is 2.11. The van der Waals surface area contributed by atoms with Crippen LogP contribution >= 0.6 is 0 Å². The van der Waals surface area contributed by atoms with Crippen LogP contribution in [0.2, 0.25) is 0 Å². The number of pyridine rings is 1. The molecule has 0 aliphatic heterocycles. The van der Waals surface area contributed by atoms with Gasteiger partial charge in [0.05, 0.1) is 11.8 Å². The molecule has 104 valence electrons. The fourth-order valence-corrected chi connectivity index (χ4v) is 1.23. The summed E-state index contributed by atoms with van der Waals surface area (Å²) < 4.78 is 5.20. The van der Waals surface area contributed by atoms with Gasteiger partial charge in [0.25, 0.3) is 5.91 Å². The molecule has 1 rings (SSSR count). The topological polar surface area (TPSA) is 88.5 Å². The molecule has 0 bridgehead atoms. The predicted octanol–water partition coefficient (Wildman–Crippen LogP) is 1.32. The van der Waals surface area contributed by atoms with Gasteiger partial charge in [0, 0.05) is 12.2 Å². The summed E-state index contributed by atoms with van der Waals surface area (Å²) in [5.74, 6) is -0.744. The molecule has 0 spiro atoms. The van der Waals surface area contributed by atoms with E-state index in [1.165, 1.54) is 18.5 Å². The number of ether oxygens (including phenoxy) is 1. The van der Waals surface area contributed by atoms with Crippen molar-refractivity contribution in [1.29, 1.82) is 0 Å². The Kier molecular flexibility index (Phi) is 5.29. The van der Waals surface area contributed by atoms with Gasteiger partial charge < -0.3 is 15.2 Å². The second-order valence-corrected chi connectivity index (χ2v) is 4.60. The van der Waals surface area contributed by atoms with Gasteiger partial charge in [0.2, 0.25) is 0 Å². The first-order valence-electron chi connectivity index (χ1n) is 6.00. The van der Waals surface area contributed by atoms with Gasteiger partial charge in [0.1, 0.15) is 5.75 Å². The van der Waals surface area contributed by atoms with Crippen LogP contribution in [0.15, 0.2) is 18.5 Å². The van der Waals surface area contributed by atoms with E-state index in [1.807, 2.05) is 20.8 Å². The highest BCUT2D eigenvalue weighted by Crippen LogP contribution is 2.11. The van der Waals surface area contributed by atoms with Gasteiger partial charge in [-0.2, -0.15) is 0 Å². The van der Waals surface area contributed by atoms with Gasteiger partial charge in [-0.1, -0.05) is 13.8 Å². The lowest BCUT2D eigenvalue weighted by Crippen LogP contribution is -2.38. The normalized spacial score (nSPS) is 12.0. The standard InChI is InChI=1S/C13H18N2O4/c1-8(2)9(3)15-12(16)7-19-11-4-10(13(17)18)5-14-6-11/h4-6,8-9H,7H2,1-3H3,(H,15,16)(H,17,18). The Hall–Kier alpha value is -2.11. The van der Waals surface area contributed by atoms with Crippen molar-refractivity contribution in [1.82, 2.24) is 10.3 Å². The van der Waals surface area contributed by atoms with Crippen LogP contribution in [0.1, 0.15) is 31.1 Å². The maximum absolute atomic E-state index is 11.6. The average Bonchev–Trinajstić information content (AvgIpc) is 2.36. The van der Waals surface area contributed by atoms with Crippen LogP contribution in [0.5, 0.6) is 5.75 Å². The zero-order chi connectivity index (χ0) is 14.4. The maximum Gasteiger partial charge on any atom is 0.337 e. The zero-order valence-electron chi connectivity index (χ0n) is 11.2. The third-order valence-electron chi connectivity index (χ3n) is 2.72. The van der Waals surface area contributed by atoms with Crippen LogP contribution in [0.4, 0.5) is 0 Å². The molecule has 1 aromatic heterocycles. The second kappa shape index (κ2) is 6.72. The quantitative estimate of drug-likeness (QED) is 0.810. The summed E-state index contributed by atoms with van der Waals surface area (Å²) in [5.41, 5.74) is 0.0217. The second-order valence-electron chi connectivity index (χ2n) is 4.60. The molecule has 0 saturated heterocycles. The number of carboxylic acids is 1. The predicted molar refractivity (Wildman–Crippen MR) is 69.1 cm³/mol. The lowest BCUT2D eigenvalue weighted by Gasteiger charge is -2.17. The first-order chi connectivity index (χ1) is 8.90. The number of aromatic nitrogens is 1. The SMILES string of the molecule is CC(C)C(C)NC(=O)COc1cncc(C(=O)O)c1. The van der Waals surface area contributed by atoms with E-state index in [4.69, 9.17) is 9.84 Å². The fourth-order valence-electron chi connectivity index (χ4n) is 1.23. The Labute approximate surface area is 111 Å². The van der Waals surface area contributed by atoms with Crippen LogP contribution in [-0.4, -0.2) is 34.6 Å². The van der Waals surface area contributed by atoms with Crippen LogP contribution in [0.3, 0.4) is 0 Å². The largest absolute Gasteiger partial charge is 0.482 e. The van der Waals surface area contributed by atoms with Crippen LogP contribution in [0.25, 0.3) is 0 Å². The van der Waals surface area contributed by atoms with E-state index >= 15 is 0 Å². The third-order valence-corrected chi connectivity index (χ3v) is 2.72. The molecule has 1 amide bonds. The molecule has 0 saturated carbocycles. The van der Waals surface area contributed by atoms with E-state index < -0.39 is 5.97 Å². The number of carbonyl (C=O) groups excluding carboxylic acids is 1. The number of aromatic carboxylic acids is 1. The Morgan fingerprint density at radius 1 is 1.37 bits per heavy atom. The Morgan fingerprint density at radius 3 is 2.63 bits per heavy atom. The lowest BCUT2D eigenvalue weighted by atomic mass is 10.1. The minimum absolute atomic E-state index is 0.0217. The van der Waals surface area contributed by atoms with Crippen molar-refractivity contribution in [3.63, 3.8) is 0 Å². The number of nitrogens with one attached hydrogen (secondary N) is 1. The number of rotatable bonds is 6. The number of carbonyl (C=O) groups is 2. The van der Waals surface area contributed by atoms with Crippen molar-refractivity contribution in [3.8, 4) is 5.75 Å². The van der Waals surface area contributed by atoms with Crippen molar-refractivity contribution in [3.05, 3.63) is 24.0 Å². The number of carboxylic acid groups (broad SMARTS) is 1. The molecule has 0 aliphatic rings. The summed E-state index contributed by atoms with van der Waals surface area (Å²) in [6.45, 7) is 5.76. The van der Waals surface area contributed by atoms with Crippen molar-refractivity contribution >= 4 is 11.9 Å². The smallest absolute Gasteiger partial charge is 0.337 e. The molecule has 0 radical (unpaired) electrons. The molecule has 1 atom stereocenters. The minimum atomic E-state index is -1.09. The number of nitrogens with zero attached hydrogens (tertiary/aromatic N) is 1. The number of hydrogen-bond donors (Lipinski definition) is 2. The first kappa shape index (κ1) is 14.9. The molecule has 1 aromatic rings. The summed E-state index contributed by atoms with van der Waals surface area (Å²) >= 11 is 0. The van der Waals surface area contributed by atoms with Gasteiger partial charge in [-0.3, -0.25) is 9.78 Å². The summed E-state index contributed by atoms with van der Waals surface area (Å²) in [6.07, 6.45) is 2.59. The van der Waals surface area contributed by atoms with E-state index in [-0.39, 0.29) is 29.9 Å².